The van der Waals surface area contributed by atoms with Crippen LogP contribution in [0.2, 0.25) is 0 Å². The van der Waals surface area contributed by atoms with Gasteiger partial charge in [-0.2, -0.15) is 9.78 Å². The van der Waals surface area contributed by atoms with Gasteiger partial charge in [0.25, 0.3) is 5.56 Å². The second-order valence-corrected chi connectivity index (χ2v) is 10.8. The molecule has 0 radical (unpaired) electrons. The molecule has 0 unspecified atom stereocenters. The maximum absolute atomic E-state index is 13.5. The van der Waals surface area contributed by atoms with Crippen LogP contribution in [0.5, 0.6) is 0 Å². The van der Waals surface area contributed by atoms with Crippen molar-refractivity contribution in [3.8, 4) is 0 Å². The normalized spacial score (nSPS) is 12.3. The maximum atomic E-state index is 13.5. The summed E-state index contributed by atoms with van der Waals surface area (Å²) in [6.45, 7) is 8.99. The molecule has 0 spiro atoms. The highest BCUT2D eigenvalue weighted by Gasteiger charge is 2.23. The van der Waals surface area contributed by atoms with Crippen LogP contribution in [0, 0.1) is 6.92 Å². The fourth-order valence-electron chi connectivity index (χ4n) is 4.38. The summed E-state index contributed by atoms with van der Waals surface area (Å²) in [4.78, 5) is 18.3. The maximum Gasteiger partial charge on any atom is 0.282 e. The average Bonchev–Trinajstić information content (AvgIpc) is 3.15. The van der Waals surface area contributed by atoms with Gasteiger partial charge in [-0.15, -0.1) is 0 Å². The van der Waals surface area contributed by atoms with Gasteiger partial charge in [-0.3, -0.25) is 4.79 Å². The Morgan fingerprint density at radius 1 is 1.00 bits per heavy atom. The monoisotopic (exact) mass is 526 g/mol. The molecule has 0 saturated heterocycles. The van der Waals surface area contributed by atoms with E-state index in [1.54, 1.807) is 12.3 Å². The van der Waals surface area contributed by atoms with E-state index in [0.29, 0.717) is 16.7 Å². The second kappa shape index (κ2) is 8.93. The molecule has 0 atom stereocenters. The molecular formula is C29H27BrN4O. The number of aryl methyl sites for hydroxylation is 1. The highest BCUT2D eigenvalue weighted by atomic mass is 79.9. The number of benzene rings is 3. The molecule has 5 aromatic rings. The molecule has 0 bridgehead atoms. The van der Waals surface area contributed by atoms with E-state index in [9.17, 15) is 4.79 Å². The molecule has 35 heavy (non-hydrogen) atoms. The Bertz CT molecular complexity index is 1650. The van der Waals surface area contributed by atoms with Crippen LogP contribution in [0.1, 0.15) is 43.3 Å². The number of hydrogen-bond acceptors (Lipinski definition) is 3. The van der Waals surface area contributed by atoms with Crippen LogP contribution in [0.3, 0.4) is 0 Å². The Morgan fingerprint density at radius 3 is 2.57 bits per heavy atom. The topological polar surface area (TPSA) is 52.2 Å². The first-order chi connectivity index (χ1) is 16.7. The Kier molecular flexibility index (Phi) is 5.93. The minimum absolute atomic E-state index is 0.180. The number of nitrogens with zero attached hydrogens (tertiary/aromatic N) is 4. The van der Waals surface area contributed by atoms with Gasteiger partial charge in [-0.05, 0) is 36.8 Å². The lowest BCUT2D eigenvalue weighted by molar-refractivity contribution is 0.506. The van der Waals surface area contributed by atoms with E-state index in [-0.39, 0.29) is 11.0 Å². The van der Waals surface area contributed by atoms with Gasteiger partial charge < -0.3 is 4.57 Å². The second-order valence-electron chi connectivity index (χ2n) is 9.93. The Balaban J connectivity index is 1.64. The number of fused-ring (bicyclic) bond motifs is 2. The Labute approximate surface area is 212 Å². The van der Waals surface area contributed by atoms with E-state index in [4.69, 9.17) is 10.1 Å². The minimum atomic E-state index is -0.364. The summed E-state index contributed by atoms with van der Waals surface area (Å²) in [5.41, 5.74) is 4.69. The molecule has 5 nitrogen and oxygen atoms in total. The molecule has 0 N–H and O–H groups in total. The number of aromatic nitrogens is 3. The van der Waals surface area contributed by atoms with Gasteiger partial charge in [-0.25, -0.2) is 4.98 Å². The third-order valence-corrected chi connectivity index (χ3v) is 6.54. The van der Waals surface area contributed by atoms with Crippen molar-refractivity contribution in [1.29, 1.82) is 0 Å². The van der Waals surface area contributed by atoms with Crippen LogP contribution in [0.4, 0.5) is 0 Å². The summed E-state index contributed by atoms with van der Waals surface area (Å²) in [5, 5.41) is 6.32. The summed E-state index contributed by atoms with van der Waals surface area (Å²) >= 11 is 3.47. The zero-order valence-electron chi connectivity index (χ0n) is 20.3. The van der Waals surface area contributed by atoms with Crippen molar-refractivity contribution in [2.75, 3.05) is 0 Å². The quantitative estimate of drug-likeness (QED) is 0.246. The van der Waals surface area contributed by atoms with Crippen LogP contribution in [0.15, 0.2) is 87.3 Å². The lowest BCUT2D eigenvalue weighted by atomic mass is 9.95. The number of para-hydroxylation sites is 1. The fourth-order valence-corrected chi connectivity index (χ4v) is 4.74. The predicted octanol–water partition coefficient (Wildman–Crippen LogP) is 6.65. The summed E-state index contributed by atoms with van der Waals surface area (Å²) in [5.74, 6) is 0.622. The highest BCUT2D eigenvalue weighted by molar-refractivity contribution is 9.10. The Hall–Kier alpha value is -3.51. The number of halogens is 1. The van der Waals surface area contributed by atoms with Crippen molar-refractivity contribution in [2.45, 2.75) is 39.7 Å². The van der Waals surface area contributed by atoms with Crippen molar-refractivity contribution >= 4 is 44.0 Å². The third kappa shape index (κ3) is 4.58. The molecular weight excluding hydrogens is 500 g/mol. The number of hydrogen-bond donors (Lipinski definition) is 0. The SMILES string of the molecule is Cc1cccc(Cn2cc(C=Nn3c(C(C)(C)C)nc4ccc(Br)cc4c3=O)c3ccccc32)c1. The third-order valence-electron chi connectivity index (χ3n) is 6.05. The van der Waals surface area contributed by atoms with Crippen molar-refractivity contribution < 1.29 is 0 Å². The molecule has 2 heterocycles. The highest BCUT2D eigenvalue weighted by Crippen LogP contribution is 2.24. The number of rotatable bonds is 4. The van der Waals surface area contributed by atoms with E-state index in [0.717, 1.165) is 27.5 Å². The van der Waals surface area contributed by atoms with Gasteiger partial charge in [0.1, 0.15) is 5.82 Å². The first kappa shape index (κ1) is 23.2. The van der Waals surface area contributed by atoms with Gasteiger partial charge in [0.15, 0.2) is 0 Å². The summed E-state index contributed by atoms with van der Waals surface area (Å²) in [6, 6.07) is 22.4. The molecule has 5 rings (SSSR count). The largest absolute Gasteiger partial charge is 0.342 e. The van der Waals surface area contributed by atoms with E-state index in [1.807, 2.05) is 45.0 Å². The van der Waals surface area contributed by atoms with Gasteiger partial charge in [0, 0.05) is 39.1 Å². The molecule has 2 aromatic heterocycles. The molecule has 0 aliphatic rings. The summed E-state index contributed by atoms with van der Waals surface area (Å²) < 4.78 is 4.51. The van der Waals surface area contributed by atoms with E-state index >= 15 is 0 Å². The van der Waals surface area contributed by atoms with Gasteiger partial charge in [0.05, 0.1) is 17.1 Å². The van der Waals surface area contributed by atoms with Gasteiger partial charge >= 0.3 is 0 Å². The average molecular weight is 527 g/mol. The van der Waals surface area contributed by atoms with Crippen LogP contribution < -0.4 is 5.56 Å². The van der Waals surface area contributed by atoms with Gasteiger partial charge in [-0.1, -0.05) is 84.7 Å². The van der Waals surface area contributed by atoms with Crippen molar-refractivity contribution in [3.05, 3.63) is 110 Å². The van der Waals surface area contributed by atoms with Crippen molar-refractivity contribution in [1.82, 2.24) is 14.2 Å². The lowest BCUT2D eigenvalue weighted by Crippen LogP contribution is -2.29. The lowest BCUT2D eigenvalue weighted by Gasteiger charge is -2.20. The van der Waals surface area contributed by atoms with E-state index in [1.165, 1.54) is 15.8 Å². The predicted molar refractivity (Wildman–Crippen MR) is 148 cm³/mol. The molecule has 0 fully saturated rings. The van der Waals surface area contributed by atoms with Crippen LogP contribution >= 0.6 is 15.9 Å². The summed E-state index contributed by atoms with van der Waals surface area (Å²) in [6.07, 6.45) is 3.88. The molecule has 176 valence electrons. The zero-order valence-corrected chi connectivity index (χ0v) is 21.9. The summed E-state index contributed by atoms with van der Waals surface area (Å²) in [7, 11) is 0. The Morgan fingerprint density at radius 2 is 1.80 bits per heavy atom. The molecule has 6 heteroatoms. The zero-order chi connectivity index (χ0) is 24.7. The van der Waals surface area contributed by atoms with E-state index in [2.05, 4.69) is 70.0 Å². The molecule has 3 aromatic carbocycles. The minimum Gasteiger partial charge on any atom is -0.342 e. The van der Waals surface area contributed by atoms with Crippen LogP contribution in [-0.2, 0) is 12.0 Å². The van der Waals surface area contributed by atoms with E-state index < -0.39 is 0 Å². The molecule has 0 saturated carbocycles. The van der Waals surface area contributed by atoms with Gasteiger partial charge in [0.2, 0.25) is 0 Å². The van der Waals surface area contributed by atoms with Crippen molar-refractivity contribution in [2.24, 2.45) is 5.10 Å². The first-order valence-electron chi connectivity index (χ1n) is 11.6. The fraction of sp³-hybridized carbons (Fsp3) is 0.207. The first-order valence-corrected chi connectivity index (χ1v) is 12.4. The standard InChI is InChI=1S/C29H27BrN4O/c1-19-8-7-9-20(14-19)17-33-18-21(23-10-5-6-11-26(23)33)16-31-34-27(35)24-15-22(30)12-13-25(24)32-28(34)29(2,3)4/h5-16,18H,17H2,1-4H3. The molecule has 0 amide bonds. The molecule has 0 aliphatic carbocycles. The molecule has 0 aliphatic heterocycles. The van der Waals surface area contributed by atoms with Crippen molar-refractivity contribution in [3.63, 3.8) is 0 Å². The van der Waals surface area contributed by atoms with Crippen LogP contribution in [-0.4, -0.2) is 20.4 Å². The van der Waals surface area contributed by atoms with Crippen LogP contribution in [0.25, 0.3) is 21.8 Å². The smallest absolute Gasteiger partial charge is 0.282 e.